The molecule has 0 aliphatic heterocycles. The number of hydrogen-bond donors (Lipinski definition) is 1. The molecule has 108 valence electrons. The van der Waals surface area contributed by atoms with Gasteiger partial charge in [0.1, 0.15) is 12.4 Å². The lowest BCUT2D eigenvalue weighted by molar-refractivity contribution is 0.0981. The average Bonchev–Trinajstić information content (AvgIpc) is 2.35. The van der Waals surface area contributed by atoms with Gasteiger partial charge in [0.25, 0.3) is 0 Å². The van der Waals surface area contributed by atoms with Crippen LogP contribution in [0.2, 0.25) is 5.02 Å². The van der Waals surface area contributed by atoms with Gasteiger partial charge >= 0.3 is 0 Å². The topological polar surface area (TPSA) is 44.5 Å². The minimum absolute atomic E-state index is 0.134. The first kappa shape index (κ1) is 16.3. The van der Waals surface area contributed by atoms with E-state index in [1.54, 1.807) is 0 Å². The fraction of sp³-hybridized carbons (Fsp3) is 0.600. The number of ether oxygens (including phenoxy) is 2. The second-order valence-corrected chi connectivity index (χ2v) is 5.17. The van der Waals surface area contributed by atoms with Crippen molar-refractivity contribution in [3.05, 3.63) is 28.8 Å². The largest absolute Gasteiger partial charge is 0.490 e. The Bertz CT molecular complexity index is 369. The summed E-state index contributed by atoms with van der Waals surface area (Å²) in [5.41, 5.74) is 6.89. The molecule has 19 heavy (non-hydrogen) atoms. The molecule has 0 bridgehead atoms. The maximum Gasteiger partial charge on any atom is 0.138 e. The summed E-state index contributed by atoms with van der Waals surface area (Å²) in [6, 6.07) is 5.95. The Morgan fingerprint density at radius 3 is 2.68 bits per heavy atom. The molecule has 0 aromatic heterocycles. The van der Waals surface area contributed by atoms with Crippen molar-refractivity contribution in [3.8, 4) is 5.75 Å². The lowest BCUT2D eigenvalue weighted by Gasteiger charge is -2.11. The molecule has 0 saturated carbocycles. The second-order valence-electron chi connectivity index (χ2n) is 4.76. The second kappa shape index (κ2) is 9.18. The molecule has 1 atom stereocenters. The smallest absolute Gasteiger partial charge is 0.138 e. The Morgan fingerprint density at radius 1 is 1.26 bits per heavy atom. The Kier molecular flexibility index (Phi) is 7.87. The molecule has 2 N–H and O–H groups in total. The van der Waals surface area contributed by atoms with Gasteiger partial charge in [-0.15, -0.1) is 0 Å². The van der Waals surface area contributed by atoms with Crippen molar-refractivity contribution < 1.29 is 9.47 Å². The van der Waals surface area contributed by atoms with Crippen molar-refractivity contribution in [1.82, 2.24) is 0 Å². The van der Waals surface area contributed by atoms with Crippen LogP contribution >= 0.6 is 11.6 Å². The molecular formula is C15H24ClNO2. The summed E-state index contributed by atoms with van der Waals surface area (Å²) >= 11 is 6.17. The van der Waals surface area contributed by atoms with Gasteiger partial charge in [-0.2, -0.15) is 0 Å². The van der Waals surface area contributed by atoms with E-state index >= 15 is 0 Å². The zero-order valence-corrected chi connectivity index (χ0v) is 12.6. The third-order valence-corrected chi connectivity index (χ3v) is 2.98. The number of nitrogens with two attached hydrogens (primary N) is 1. The van der Waals surface area contributed by atoms with Crippen LogP contribution in [0.15, 0.2) is 18.2 Å². The van der Waals surface area contributed by atoms with Crippen molar-refractivity contribution in [3.63, 3.8) is 0 Å². The van der Waals surface area contributed by atoms with Crippen LogP contribution in [0.4, 0.5) is 0 Å². The van der Waals surface area contributed by atoms with Gasteiger partial charge in [0.05, 0.1) is 11.6 Å². The standard InChI is InChI=1S/C15H24ClNO2/c1-3-4-7-18-8-9-19-15-6-5-13(10-12(2)17)11-14(15)16/h5-6,11-12H,3-4,7-10,17H2,1-2H3. The quantitative estimate of drug-likeness (QED) is 0.707. The highest BCUT2D eigenvalue weighted by atomic mass is 35.5. The summed E-state index contributed by atoms with van der Waals surface area (Å²) in [4.78, 5) is 0. The van der Waals surface area contributed by atoms with Gasteiger partial charge in [0.15, 0.2) is 0 Å². The van der Waals surface area contributed by atoms with E-state index < -0.39 is 0 Å². The van der Waals surface area contributed by atoms with Crippen molar-refractivity contribution >= 4 is 11.6 Å². The van der Waals surface area contributed by atoms with E-state index in [9.17, 15) is 0 Å². The third-order valence-electron chi connectivity index (χ3n) is 2.68. The predicted molar refractivity (Wildman–Crippen MR) is 80.0 cm³/mol. The molecule has 0 fully saturated rings. The van der Waals surface area contributed by atoms with Crippen LogP contribution in [0.25, 0.3) is 0 Å². The molecule has 0 aliphatic carbocycles. The SMILES string of the molecule is CCCCOCCOc1ccc(CC(C)N)cc1Cl. The molecule has 1 aromatic rings. The Hall–Kier alpha value is -0.770. The molecule has 1 rings (SSSR count). The molecular weight excluding hydrogens is 262 g/mol. The summed E-state index contributed by atoms with van der Waals surface area (Å²) in [6.07, 6.45) is 3.06. The molecule has 1 aromatic carbocycles. The van der Waals surface area contributed by atoms with Gasteiger partial charge in [-0.05, 0) is 37.5 Å². The van der Waals surface area contributed by atoms with Gasteiger partial charge < -0.3 is 15.2 Å². The highest BCUT2D eigenvalue weighted by molar-refractivity contribution is 6.32. The van der Waals surface area contributed by atoms with Gasteiger partial charge in [-0.25, -0.2) is 0 Å². The van der Waals surface area contributed by atoms with E-state index in [1.165, 1.54) is 0 Å². The minimum Gasteiger partial charge on any atom is -0.490 e. The fourth-order valence-electron chi connectivity index (χ4n) is 1.72. The number of rotatable bonds is 9. The lowest BCUT2D eigenvalue weighted by Crippen LogP contribution is -2.17. The zero-order chi connectivity index (χ0) is 14.1. The van der Waals surface area contributed by atoms with E-state index in [4.69, 9.17) is 26.8 Å². The van der Waals surface area contributed by atoms with E-state index in [-0.39, 0.29) is 6.04 Å². The van der Waals surface area contributed by atoms with Crippen LogP contribution in [-0.2, 0) is 11.2 Å². The summed E-state index contributed by atoms with van der Waals surface area (Å²) in [7, 11) is 0. The molecule has 0 spiro atoms. The molecule has 0 amide bonds. The van der Waals surface area contributed by atoms with Gasteiger partial charge in [0.2, 0.25) is 0 Å². The Labute approximate surface area is 121 Å². The van der Waals surface area contributed by atoms with Crippen LogP contribution in [0.3, 0.4) is 0 Å². The summed E-state index contributed by atoms with van der Waals surface area (Å²) in [6.45, 7) is 6.03. The maximum atomic E-state index is 6.17. The number of halogens is 1. The first-order valence-electron chi connectivity index (χ1n) is 6.88. The molecule has 1 unspecified atom stereocenters. The monoisotopic (exact) mass is 285 g/mol. The number of hydrogen-bond acceptors (Lipinski definition) is 3. The van der Waals surface area contributed by atoms with Crippen LogP contribution in [0, 0.1) is 0 Å². The van der Waals surface area contributed by atoms with Crippen LogP contribution in [0.5, 0.6) is 5.75 Å². The van der Waals surface area contributed by atoms with Gasteiger partial charge in [-0.1, -0.05) is 31.0 Å². The van der Waals surface area contributed by atoms with Gasteiger partial charge in [-0.3, -0.25) is 0 Å². The van der Waals surface area contributed by atoms with Crippen molar-refractivity contribution in [2.45, 2.75) is 39.2 Å². The van der Waals surface area contributed by atoms with E-state index in [0.717, 1.165) is 31.4 Å². The summed E-state index contributed by atoms with van der Waals surface area (Å²) < 4.78 is 11.0. The highest BCUT2D eigenvalue weighted by Gasteiger charge is 2.04. The maximum absolute atomic E-state index is 6.17. The average molecular weight is 286 g/mol. The van der Waals surface area contributed by atoms with Crippen LogP contribution < -0.4 is 10.5 Å². The lowest BCUT2D eigenvalue weighted by atomic mass is 10.1. The van der Waals surface area contributed by atoms with Crippen molar-refractivity contribution in [1.29, 1.82) is 0 Å². The van der Waals surface area contributed by atoms with Crippen molar-refractivity contribution in [2.75, 3.05) is 19.8 Å². The summed E-state index contributed by atoms with van der Waals surface area (Å²) in [5.74, 6) is 0.703. The fourth-order valence-corrected chi connectivity index (χ4v) is 1.98. The number of unbranched alkanes of at least 4 members (excludes halogenated alkanes) is 1. The highest BCUT2D eigenvalue weighted by Crippen LogP contribution is 2.25. The molecule has 3 nitrogen and oxygen atoms in total. The number of benzene rings is 1. The minimum atomic E-state index is 0.134. The van der Waals surface area contributed by atoms with E-state index in [0.29, 0.717) is 24.0 Å². The van der Waals surface area contributed by atoms with Crippen LogP contribution in [0.1, 0.15) is 32.3 Å². The van der Waals surface area contributed by atoms with Crippen LogP contribution in [-0.4, -0.2) is 25.9 Å². The molecule has 0 heterocycles. The first-order chi connectivity index (χ1) is 9.13. The third kappa shape index (κ3) is 6.81. The first-order valence-corrected chi connectivity index (χ1v) is 7.25. The normalized spacial score (nSPS) is 12.4. The van der Waals surface area contributed by atoms with Crippen molar-refractivity contribution in [2.24, 2.45) is 5.73 Å². The molecule has 0 aliphatic rings. The zero-order valence-electron chi connectivity index (χ0n) is 11.8. The molecule has 0 radical (unpaired) electrons. The van der Waals surface area contributed by atoms with E-state index in [2.05, 4.69) is 6.92 Å². The Balaban J connectivity index is 2.34. The van der Waals surface area contributed by atoms with Gasteiger partial charge in [0, 0.05) is 12.6 Å². The molecule has 0 saturated heterocycles. The molecule has 4 heteroatoms. The van der Waals surface area contributed by atoms with E-state index in [1.807, 2.05) is 25.1 Å². The Morgan fingerprint density at radius 2 is 2.05 bits per heavy atom. The summed E-state index contributed by atoms with van der Waals surface area (Å²) in [5, 5.41) is 0.631. The predicted octanol–water partition coefficient (Wildman–Crippen LogP) is 3.43.